The van der Waals surface area contributed by atoms with Gasteiger partial charge in [0.15, 0.2) is 0 Å². The monoisotopic (exact) mass is 256 g/mol. The highest BCUT2D eigenvalue weighted by atomic mass is 32.1. The smallest absolute Gasteiger partial charge is 0.0957 e. The van der Waals surface area contributed by atoms with E-state index in [1.807, 2.05) is 24.3 Å². The minimum absolute atomic E-state index is 0.0823. The lowest BCUT2D eigenvalue weighted by atomic mass is 10.1. The first-order chi connectivity index (χ1) is 8.83. The molecule has 18 heavy (non-hydrogen) atoms. The van der Waals surface area contributed by atoms with E-state index in [0.717, 1.165) is 22.5 Å². The van der Waals surface area contributed by atoms with Gasteiger partial charge in [0.05, 0.1) is 21.4 Å². The number of hydrogen-bond acceptors (Lipinski definition) is 5. The second kappa shape index (κ2) is 4.80. The lowest BCUT2D eigenvalue weighted by Crippen LogP contribution is -2.13. The fourth-order valence-electron chi connectivity index (χ4n) is 1.83. The average molecular weight is 256 g/mol. The average Bonchev–Trinajstić information content (AvgIpc) is 2.82. The summed E-state index contributed by atoms with van der Waals surface area (Å²) in [6, 6.07) is 9.94. The Kier molecular flexibility index (Phi) is 3.00. The van der Waals surface area contributed by atoms with E-state index in [-0.39, 0.29) is 6.04 Å². The quantitative estimate of drug-likeness (QED) is 0.781. The largest absolute Gasteiger partial charge is 0.324 e. The maximum Gasteiger partial charge on any atom is 0.0957 e. The molecule has 0 amide bonds. The Morgan fingerprint density at radius 2 is 2.06 bits per heavy atom. The van der Waals surface area contributed by atoms with Crippen LogP contribution in [0.1, 0.15) is 16.6 Å². The Hall–Kier alpha value is -1.85. The molecule has 2 aromatic heterocycles. The van der Waals surface area contributed by atoms with E-state index in [1.54, 1.807) is 23.7 Å². The molecule has 90 valence electrons. The van der Waals surface area contributed by atoms with Gasteiger partial charge in [-0.1, -0.05) is 12.1 Å². The van der Waals surface area contributed by atoms with Crippen LogP contribution in [0.2, 0.25) is 0 Å². The third-order valence-electron chi connectivity index (χ3n) is 2.77. The molecule has 2 heterocycles. The first-order valence-electron chi connectivity index (χ1n) is 5.69. The molecule has 1 unspecified atom stereocenters. The van der Waals surface area contributed by atoms with Gasteiger partial charge in [0.1, 0.15) is 0 Å². The van der Waals surface area contributed by atoms with Crippen LogP contribution >= 0.6 is 11.3 Å². The molecule has 0 aliphatic carbocycles. The van der Waals surface area contributed by atoms with E-state index < -0.39 is 0 Å². The highest BCUT2D eigenvalue weighted by Gasteiger charge is 2.10. The van der Waals surface area contributed by atoms with Crippen molar-refractivity contribution in [3.63, 3.8) is 0 Å². The highest BCUT2D eigenvalue weighted by Crippen LogP contribution is 2.24. The molecular formula is C13H12N4S. The number of nitrogens with two attached hydrogens (primary N) is 1. The lowest BCUT2D eigenvalue weighted by molar-refractivity contribution is 0.710. The first-order valence-corrected chi connectivity index (χ1v) is 6.51. The van der Waals surface area contributed by atoms with Gasteiger partial charge in [-0.2, -0.15) is 10.2 Å². The van der Waals surface area contributed by atoms with Gasteiger partial charge in [0.2, 0.25) is 0 Å². The van der Waals surface area contributed by atoms with E-state index in [9.17, 15) is 0 Å². The standard InChI is InChI=1S/C13H12N4S/c14-10(9-5-6-15-16-8-9)7-13-17-11-3-1-2-4-12(11)18-13/h1-6,8,10H,7,14H2. The molecule has 2 N–H and O–H groups in total. The van der Waals surface area contributed by atoms with Crippen molar-refractivity contribution >= 4 is 21.6 Å². The molecule has 0 bridgehead atoms. The van der Waals surface area contributed by atoms with Crippen LogP contribution in [-0.4, -0.2) is 15.2 Å². The number of para-hydroxylation sites is 1. The third-order valence-corrected chi connectivity index (χ3v) is 3.83. The van der Waals surface area contributed by atoms with Crippen LogP contribution in [0.4, 0.5) is 0 Å². The molecule has 0 fully saturated rings. The summed E-state index contributed by atoms with van der Waals surface area (Å²) in [5, 5.41) is 8.65. The summed E-state index contributed by atoms with van der Waals surface area (Å²) in [6.45, 7) is 0. The Labute approximate surface area is 109 Å². The minimum atomic E-state index is -0.0823. The van der Waals surface area contributed by atoms with Crippen molar-refractivity contribution in [1.29, 1.82) is 0 Å². The number of nitrogens with zero attached hydrogens (tertiary/aromatic N) is 3. The van der Waals surface area contributed by atoms with Gasteiger partial charge >= 0.3 is 0 Å². The second-order valence-electron chi connectivity index (χ2n) is 4.06. The van der Waals surface area contributed by atoms with E-state index in [0.29, 0.717) is 0 Å². The highest BCUT2D eigenvalue weighted by molar-refractivity contribution is 7.18. The van der Waals surface area contributed by atoms with Gasteiger partial charge in [0, 0.05) is 18.7 Å². The van der Waals surface area contributed by atoms with Crippen molar-refractivity contribution in [2.75, 3.05) is 0 Å². The number of thiazole rings is 1. The van der Waals surface area contributed by atoms with Crippen LogP contribution in [-0.2, 0) is 6.42 Å². The maximum absolute atomic E-state index is 6.15. The fraction of sp³-hybridized carbons (Fsp3) is 0.154. The lowest BCUT2D eigenvalue weighted by Gasteiger charge is -2.08. The third kappa shape index (κ3) is 2.23. The molecule has 0 saturated heterocycles. The van der Waals surface area contributed by atoms with Crippen LogP contribution in [0.3, 0.4) is 0 Å². The zero-order chi connectivity index (χ0) is 12.4. The minimum Gasteiger partial charge on any atom is -0.324 e. The van der Waals surface area contributed by atoms with Crippen LogP contribution in [0.5, 0.6) is 0 Å². The van der Waals surface area contributed by atoms with E-state index >= 15 is 0 Å². The number of fused-ring (bicyclic) bond motifs is 1. The molecule has 4 nitrogen and oxygen atoms in total. The molecule has 5 heteroatoms. The predicted octanol–water partition coefficient (Wildman–Crippen LogP) is 2.33. The molecule has 0 aliphatic rings. The predicted molar refractivity (Wildman–Crippen MR) is 72.3 cm³/mol. The number of aromatic nitrogens is 3. The van der Waals surface area contributed by atoms with Crippen molar-refractivity contribution in [3.8, 4) is 0 Å². The van der Waals surface area contributed by atoms with E-state index in [1.165, 1.54) is 4.70 Å². The Bertz CT molecular complexity index is 617. The Morgan fingerprint density at radius 3 is 2.83 bits per heavy atom. The van der Waals surface area contributed by atoms with E-state index in [4.69, 9.17) is 5.73 Å². The zero-order valence-corrected chi connectivity index (χ0v) is 10.5. The van der Waals surface area contributed by atoms with Crippen LogP contribution in [0.25, 0.3) is 10.2 Å². The summed E-state index contributed by atoms with van der Waals surface area (Å²) in [5.41, 5.74) is 8.18. The number of rotatable bonds is 3. The summed E-state index contributed by atoms with van der Waals surface area (Å²) in [6.07, 6.45) is 4.09. The van der Waals surface area contributed by atoms with Gasteiger partial charge in [-0.3, -0.25) is 0 Å². The summed E-state index contributed by atoms with van der Waals surface area (Å²) in [7, 11) is 0. The Balaban J connectivity index is 1.84. The fourth-order valence-corrected chi connectivity index (χ4v) is 2.86. The van der Waals surface area contributed by atoms with Gasteiger partial charge in [0.25, 0.3) is 0 Å². The van der Waals surface area contributed by atoms with Crippen molar-refractivity contribution in [1.82, 2.24) is 15.2 Å². The van der Waals surface area contributed by atoms with Crippen LogP contribution in [0.15, 0.2) is 42.7 Å². The Morgan fingerprint density at radius 1 is 1.17 bits per heavy atom. The molecule has 0 radical (unpaired) electrons. The molecule has 0 aliphatic heterocycles. The summed E-state index contributed by atoms with van der Waals surface area (Å²) in [5.74, 6) is 0. The molecule has 0 spiro atoms. The van der Waals surface area contributed by atoms with E-state index in [2.05, 4.69) is 21.2 Å². The van der Waals surface area contributed by atoms with Crippen molar-refractivity contribution in [3.05, 3.63) is 53.3 Å². The molecule has 1 atom stereocenters. The summed E-state index contributed by atoms with van der Waals surface area (Å²) >= 11 is 1.69. The topological polar surface area (TPSA) is 64.7 Å². The van der Waals surface area contributed by atoms with Gasteiger partial charge in [-0.05, 0) is 23.8 Å². The normalized spacial score (nSPS) is 12.7. The summed E-state index contributed by atoms with van der Waals surface area (Å²) in [4.78, 5) is 4.58. The zero-order valence-electron chi connectivity index (χ0n) is 9.65. The molecule has 0 saturated carbocycles. The van der Waals surface area contributed by atoms with Crippen molar-refractivity contribution in [2.45, 2.75) is 12.5 Å². The molecule has 3 rings (SSSR count). The summed E-state index contributed by atoms with van der Waals surface area (Å²) < 4.78 is 1.20. The van der Waals surface area contributed by atoms with Crippen molar-refractivity contribution < 1.29 is 0 Å². The van der Waals surface area contributed by atoms with Gasteiger partial charge < -0.3 is 5.73 Å². The molecule has 1 aromatic carbocycles. The second-order valence-corrected chi connectivity index (χ2v) is 5.18. The number of benzene rings is 1. The SMILES string of the molecule is NC(Cc1nc2ccccc2s1)c1ccnnc1. The van der Waals surface area contributed by atoms with Gasteiger partial charge in [-0.15, -0.1) is 11.3 Å². The van der Waals surface area contributed by atoms with Crippen molar-refractivity contribution in [2.24, 2.45) is 5.73 Å². The number of hydrogen-bond donors (Lipinski definition) is 1. The van der Waals surface area contributed by atoms with Crippen LogP contribution in [0, 0.1) is 0 Å². The molecule has 3 aromatic rings. The molecular weight excluding hydrogens is 244 g/mol. The van der Waals surface area contributed by atoms with Crippen LogP contribution < -0.4 is 5.73 Å². The first kappa shape index (κ1) is 11.3. The maximum atomic E-state index is 6.15. The van der Waals surface area contributed by atoms with Gasteiger partial charge in [-0.25, -0.2) is 4.98 Å².